The summed E-state index contributed by atoms with van der Waals surface area (Å²) in [6, 6.07) is 5.56. The molecule has 2 aliphatic rings. The van der Waals surface area contributed by atoms with Gasteiger partial charge in [-0.1, -0.05) is 19.1 Å². The predicted molar refractivity (Wildman–Crippen MR) is 146 cm³/mol. The van der Waals surface area contributed by atoms with Gasteiger partial charge in [0.2, 0.25) is 12.6 Å². The van der Waals surface area contributed by atoms with Crippen LogP contribution in [0.3, 0.4) is 0 Å². The van der Waals surface area contributed by atoms with Gasteiger partial charge in [-0.3, -0.25) is 0 Å². The summed E-state index contributed by atoms with van der Waals surface area (Å²) in [5, 5.41) is 71.2. The summed E-state index contributed by atoms with van der Waals surface area (Å²) in [6.07, 6.45) is -22.2. The number of hydrogen-bond acceptors (Lipinski definition) is 13. The van der Waals surface area contributed by atoms with Gasteiger partial charge in [-0.05, 0) is 49.2 Å². The highest BCUT2D eigenvalue weighted by Gasteiger charge is 2.54. The number of rotatable bonds is 9. The van der Waals surface area contributed by atoms with Crippen molar-refractivity contribution in [2.24, 2.45) is 5.92 Å². The highest BCUT2D eigenvalue weighted by atomic mass is 19.4. The van der Waals surface area contributed by atoms with E-state index < -0.39 is 109 Å². The molecule has 0 unspecified atom stereocenters. The van der Waals surface area contributed by atoms with Crippen molar-refractivity contribution in [2.75, 3.05) is 13.2 Å². The van der Waals surface area contributed by atoms with E-state index in [1.165, 1.54) is 13.8 Å². The van der Waals surface area contributed by atoms with Crippen LogP contribution in [0.15, 0.2) is 36.4 Å². The fourth-order valence-corrected chi connectivity index (χ4v) is 5.13. The van der Waals surface area contributed by atoms with Crippen LogP contribution in [0.2, 0.25) is 0 Å². The highest BCUT2D eigenvalue weighted by Crippen LogP contribution is 2.43. The first-order chi connectivity index (χ1) is 22.1. The Kier molecular flexibility index (Phi) is 10.7. The SMILES string of the molecule is C[C@H]1[C@H](O)[C@@H](CO)O[C@H](Oc2ccc(-c3ccc(O[C@H]4O[C@H](CO)[C@@H](O)[C@H](O)[C@]4(C)O)c(OC(F)(F)F)c3)cc2OC(F)(F)F)[C@@]1(C)O. The molecule has 270 valence electrons. The van der Waals surface area contributed by atoms with Crippen LogP contribution in [0, 0.1) is 5.92 Å². The second kappa shape index (κ2) is 13.6. The second-order valence-electron chi connectivity index (χ2n) is 11.7. The minimum absolute atomic E-state index is 0.173. The first-order valence-corrected chi connectivity index (χ1v) is 14.2. The van der Waals surface area contributed by atoms with E-state index in [-0.39, 0.29) is 11.1 Å². The molecule has 2 fully saturated rings. The van der Waals surface area contributed by atoms with E-state index in [4.69, 9.17) is 18.9 Å². The summed E-state index contributed by atoms with van der Waals surface area (Å²) in [5.41, 5.74) is -4.76. The van der Waals surface area contributed by atoms with Crippen molar-refractivity contribution in [3.05, 3.63) is 36.4 Å². The van der Waals surface area contributed by atoms with Crippen molar-refractivity contribution in [1.82, 2.24) is 0 Å². The van der Waals surface area contributed by atoms with E-state index in [0.717, 1.165) is 43.3 Å². The molecule has 0 aromatic heterocycles. The van der Waals surface area contributed by atoms with E-state index in [0.29, 0.717) is 0 Å². The van der Waals surface area contributed by atoms with Crippen LogP contribution in [0.4, 0.5) is 26.3 Å². The zero-order valence-electron chi connectivity index (χ0n) is 25.3. The van der Waals surface area contributed by atoms with Crippen LogP contribution in [-0.4, -0.2) is 116 Å². The smallest absolute Gasteiger partial charge is 0.458 e. The Hall–Kier alpha value is -3.14. The van der Waals surface area contributed by atoms with Crippen LogP contribution in [0.1, 0.15) is 20.8 Å². The summed E-state index contributed by atoms with van der Waals surface area (Å²) >= 11 is 0. The number of halogens is 6. The summed E-state index contributed by atoms with van der Waals surface area (Å²) in [7, 11) is 0. The van der Waals surface area contributed by atoms with Gasteiger partial charge in [0.1, 0.15) is 30.0 Å². The standard InChI is InChI=1S/C29H34F6O13/c1-12-21(38)19(10-36)45-24(26(12,2)41)43-15-6-4-13(8-17(15)47-28(30,31)32)14-5-7-16(18(9-14)48-29(33,34)35)44-25-27(3,42)23(40)22(39)20(11-37)46-25/h4-9,12,19-25,36-42H,10-11H2,1-3H3/t12-,19+,20+,21-,22+,23-,24-,25-,26-,27-/m0/s1. The molecule has 13 nitrogen and oxygen atoms in total. The summed E-state index contributed by atoms with van der Waals surface area (Å²) in [4.78, 5) is 0. The molecule has 0 spiro atoms. The lowest BCUT2D eigenvalue weighted by molar-refractivity contribution is -0.316. The Labute approximate surface area is 268 Å². The maximum absolute atomic E-state index is 13.4. The van der Waals surface area contributed by atoms with Gasteiger partial charge in [-0.15, -0.1) is 26.3 Å². The van der Waals surface area contributed by atoms with Crippen molar-refractivity contribution in [1.29, 1.82) is 0 Å². The van der Waals surface area contributed by atoms with Crippen LogP contribution >= 0.6 is 0 Å². The molecule has 0 aliphatic carbocycles. The van der Waals surface area contributed by atoms with Crippen molar-refractivity contribution in [3.8, 4) is 34.1 Å². The van der Waals surface area contributed by atoms with Gasteiger partial charge in [0, 0.05) is 5.92 Å². The lowest BCUT2D eigenvalue weighted by atomic mass is 9.81. The lowest BCUT2D eigenvalue weighted by Crippen LogP contribution is -2.66. The van der Waals surface area contributed by atoms with Crippen molar-refractivity contribution in [2.45, 2.75) is 87.8 Å². The Morgan fingerprint density at radius 2 is 1.06 bits per heavy atom. The maximum Gasteiger partial charge on any atom is 0.573 e. The predicted octanol–water partition coefficient (Wildman–Crippen LogP) is 1.56. The van der Waals surface area contributed by atoms with Crippen molar-refractivity contribution < 1.29 is 90.5 Å². The molecule has 0 radical (unpaired) electrons. The van der Waals surface area contributed by atoms with Crippen LogP contribution in [0.5, 0.6) is 23.0 Å². The van der Waals surface area contributed by atoms with Crippen LogP contribution in [0.25, 0.3) is 11.1 Å². The molecule has 2 heterocycles. The number of ether oxygens (including phenoxy) is 6. The Balaban J connectivity index is 1.71. The van der Waals surface area contributed by atoms with Gasteiger partial charge in [-0.25, -0.2) is 0 Å². The number of alkyl halides is 6. The highest BCUT2D eigenvalue weighted by molar-refractivity contribution is 5.70. The van der Waals surface area contributed by atoms with E-state index in [2.05, 4.69) is 9.47 Å². The molecule has 2 aliphatic heterocycles. The fraction of sp³-hybridized carbons (Fsp3) is 0.586. The van der Waals surface area contributed by atoms with Gasteiger partial charge < -0.3 is 64.2 Å². The zero-order chi connectivity index (χ0) is 36.0. The molecule has 0 bridgehead atoms. The molecule has 7 N–H and O–H groups in total. The maximum atomic E-state index is 13.4. The molecule has 4 rings (SSSR count). The molecular formula is C29H34F6O13. The number of hydrogen-bond donors (Lipinski definition) is 7. The minimum Gasteiger partial charge on any atom is -0.458 e. The average Bonchev–Trinajstić information content (AvgIpc) is 2.98. The summed E-state index contributed by atoms with van der Waals surface area (Å²) in [6.45, 7) is 1.95. The number of aliphatic hydroxyl groups excluding tert-OH is 5. The molecule has 2 aromatic carbocycles. The van der Waals surface area contributed by atoms with Gasteiger partial charge in [-0.2, -0.15) is 0 Å². The van der Waals surface area contributed by atoms with Gasteiger partial charge in [0.15, 0.2) is 28.6 Å². The third-order valence-electron chi connectivity index (χ3n) is 8.17. The first-order valence-electron chi connectivity index (χ1n) is 14.2. The summed E-state index contributed by atoms with van der Waals surface area (Å²) < 4.78 is 110. The largest absolute Gasteiger partial charge is 0.573 e. The third-order valence-corrected chi connectivity index (χ3v) is 8.17. The van der Waals surface area contributed by atoms with Crippen molar-refractivity contribution in [3.63, 3.8) is 0 Å². The normalized spacial score (nSPS) is 34.4. The lowest BCUT2D eigenvalue weighted by Gasteiger charge is -2.46. The number of benzene rings is 2. The quantitative estimate of drug-likeness (QED) is 0.186. The molecule has 19 heteroatoms. The van der Waals surface area contributed by atoms with Gasteiger partial charge in [0.05, 0.1) is 19.3 Å². The van der Waals surface area contributed by atoms with Gasteiger partial charge in [0.25, 0.3) is 0 Å². The van der Waals surface area contributed by atoms with E-state index >= 15 is 0 Å². The number of aliphatic hydroxyl groups is 7. The summed E-state index contributed by atoms with van der Waals surface area (Å²) in [5.74, 6) is -4.41. The Morgan fingerprint density at radius 1 is 0.667 bits per heavy atom. The average molecular weight is 705 g/mol. The minimum atomic E-state index is -5.33. The molecular weight excluding hydrogens is 670 g/mol. The van der Waals surface area contributed by atoms with Gasteiger partial charge >= 0.3 is 12.7 Å². The molecule has 0 amide bonds. The Morgan fingerprint density at radius 3 is 1.46 bits per heavy atom. The molecule has 0 saturated carbocycles. The topological polar surface area (TPSA) is 197 Å². The Bertz CT molecular complexity index is 1310. The molecule has 2 saturated heterocycles. The van der Waals surface area contributed by atoms with E-state index in [1.807, 2.05) is 0 Å². The van der Waals surface area contributed by atoms with E-state index in [9.17, 15) is 62.1 Å². The fourth-order valence-electron chi connectivity index (χ4n) is 5.13. The monoisotopic (exact) mass is 704 g/mol. The third kappa shape index (κ3) is 8.01. The van der Waals surface area contributed by atoms with Crippen LogP contribution < -0.4 is 18.9 Å². The molecule has 10 atom stereocenters. The first kappa shape index (κ1) is 37.7. The van der Waals surface area contributed by atoms with Crippen LogP contribution in [-0.2, 0) is 9.47 Å². The molecule has 2 aromatic rings. The zero-order valence-corrected chi connectivity index (χ0v) is 25.3. The van der Waals surface area contributed by atoms with E-state index in [1.54, 1.807) is 0 Å². The second-order valence-corrected chi connectivity index (χ2v) is 11.7. The van der Waals surface area contributed by atoms with Crippen molar-refractivity contribution >= 4 is 0 Å². The molecule has 48 heavy (non-hydrogen) atoms.